The Kier molecular flexibility index (Phi) is 3.78. The highest BCUT2D eigenvalue weighted by molar-refractivity contribution is 6.02. The van der Waals surface area contributed by atoms with Gasteiger partial charge in [0.25, 0.3) is 5.91 Å². The zero-order chi connectivity index (χ0) is 15.4. The number of rotatable bonds is 4. The number of aromatic amines is 2. The van der Waals surface area contributed by atoms with E-state index < -0.39 is 22.8 Å². The van der Waals surface area contributed by atoms with E-state index in [2.05, 4.69) is 35.2 Å². The third-order valence-electron chi connectivity index (χ3n) is 2.15. The van der Waals surface area contributed by atoms with Crippen LogP contribution in [0.4, 0.5) is 16.4 Å². The minimum absolute atomic E-state index is 0.101. The van der Waals surface area contributed by atoms with Gasteiger partial charge in [0.15, 0.2) is 5.69 Å². The predicted octanol–water partition coefficient (Wildman–Crippen LogP) is 0.438. The number of methoxy groups -OCH3 is 1. The molecule has 0 saturated carbocycles. The van der Waals surface area contributed by atoms with E-state index in [-0.39, 0.29) is 17.4 Å². The Balaban J connectivity index is 2.02. The lowest BCUT2D eigenvalue weighted by molar-refractivity contribution is -0.389. The second kappa shape index (κ2) is 5.68. The number of nitro groups is 1. The highest BCUT2D eigenvalue weighted by atomic mass is 16.7. The third-order valence-corrected chi connectivity index (χ3v) is 2.15. The number of carbonyl (C=O) groups excluding carboxylic acids is 2. The number of nitrogens with one attached hydrogen (secondary N) is 3. The van der Waals surface area contributed by atoms with E-state index in [4.69, 9.17) is 0 Å². The van der Waals surface area contributed by atoms with Crippen molar-refractivity contribution in [1.82, 2.24) is 20.4 Å². The van der Waals surface area contributed by atoms with Gasteiger partial charge in [-0.25, -0.2) is 4.79 Å². The van der Waals surface area contributed by atoms with Crippen LogP contribution in [0.15, 0.2) is 12.1 Å². The van der Waals surface area contributed by atoms with Gasteiger partial charge in [-0.05, 0) is 4.92 Å². The quantitative estimate of drug-likeness (QED) is 0.415. The summed E-state index contributed by atoms with van der Waals surface area (Å²) in [5, 5.41) is 24.3. The van der Waals surface area contributed by atoms with Crippen molar-refractivity contribution in [3.05, 3.63) is 27.9 Å². The standard InChI is InChI=1S/C9H8N6O6/c1-20-9(17)21-7-3-5(12-14-7)10-8(16)4-2-6(13-11-4)15(18)19/h2-3H,1H3,(H,11,13)(H2,10,12,14,16). The number of aromatic nitrogens is 4. The molecule has 110 valence electrons. The summed E-state index contributed by atoms with van der Waals surface area (Å²) in [7, 11) is 1.13. The molecule has 0 aliphatic carbocycles. The van der Waals surface area contributed by atoms with Crippen LogP contribution < -0.4 is 10.1 Å². The summed E-state index contributed by atoms with van der Waals surface area (Å²) in [6.45, 7) is 0. The van der Waals surface area contributed by atoms with Gasteiger partial charge < -0.3 is 24.9 Å². The topological polar surface area (TPSA) is 165 Å². The maximum absolute atomic E-state index is 11.7. The van der Waals surface area contributed by atoms with Crippen molar-refractivity contribution in [3.63, 3.8) is 0 Å². The summed E-state index contributed by atoms with van der Waals surface area (Å²) in [6, 6.07) is 2.19. The van der Waals surface area contributed by atoms with Crippen molar-refractivity contribution in [2.75, 3.05) is 12.4 Å². The number of hydrogen-bond donors (Lipinski definition) is 3. The molecule has 0 fully saturated rings. The maximum atomic E-state index is 11.7. The van der Waals surface area contributed by atoms with Crippen molar-refractivity contribution in [2.24, 2.45) is 0 Å². The first-order valence-electron chi connectivity index (χ1n) is 5.32. The number of H-pyrrole nitrogens is 2. The van der Waals surface area contributed by atoms with Gasteiger partial charge in [-0.2, -0.15) is 0 Å². The number of hydrogen-bond acceptors (Lipinski definition) is 8. The molecule has 12 heteroatoms. The van der Waals surface area contributed by atoms with Crippen LogP contribution in [0.25, 0.3) is 0 Å². The zero-order valence-electron chi connectivity index (χ0n) is 10.4. The average molecular weight is 296 g/mol. The van der Waals surface area contributed by atoms with E-state index in [0.29, 0.717) is 0 Å². The fraction of sp³-hybridized carbons (Fsp3) is 0.111. The summed E-state index contributed by atoms with van der Waals surface area (Å²) in [4.78, 5) is 32.3. The van der Waals surface area contributed by atoms with Gasteiger partial charge >= 0.3 is 12.0 Å². The molecule has 0 aliphatic rings. The van der Waals surface area contributed by atoms with Crippen LogP contribution in [0.1, 0.15) is 10.5 Å². The first kappa shape index (κ1) is 14.0. The van der Waals surface area contributed by atoms with Crippen LogP contribution in [0.2, 0.25) is 0 Å². The fourth-order valence-corrected chi connectivity index (χ4v) is 1.25. The summed E-state index contributed by atoms with van der Waals surface area (Å²) >= 11 is 0. The highest BCUT2D eigenvalue weighted by Gasteiger charge is 2.17. The zero-order valence-corrected chi connectivity index (χ0v) is 10.4. The number of carbonyl (C=O) groups is 2. The molecule has 2 rings (SSSR count). The lowest BCUT2D eigenvalue weighted by atomic mass is 10.4. The fourth-order valence-electron chi connectivity index (χ4n) is 1.25. The van der Waals surface area contributed by atoms with E-state index in [9.17, 15) is 19.7 Å². The molecular weight excluding hydrogens is 288 g/mol. The number of nitrogens with zero attached hydrogens (tertiary/aromatic N) is 3. The van der Waals surface area contributed by atoms with Crippen molar-refractivity contribution >= 4 is 23.7 Å². The van der Waals surface area contributed by atoms with Crippen molar-refractivity contribution in [1.29, 1.82) is 0 Å². The minimum atomic E-state index is -0.970. The molecule has 12 nitrogen and oxygen atoms in total. The van der Waals surface area contributed by atoms with Gasteiger partial charge in [-0.1, -0.05) is 5.10 Å². The molecule has 0 aromatic carbocycles. The molecule has 2 aromatic rings. The van der Waals surface area contributed by atoms with E-state index in [0.717, 1.165) is 13.2 Å². The first-order valence-corrected chi connectivity index (χ1v) is 5.32. The lowest BCUT2D eigenvalue weighted by Crippen LogP contribution is -2.12. The molecule has 0 radical (unpaired) electrons. The third kappa shape index (κ3) is 3.31. The smallest absolute Gasteiger partial charge is 0.437 e. The first-order chi connectivity index (χ1) is 9.99. The molecule has 1 amide bonds. The normalized spacial score (nSPS) is 9.95. The molecule has 2 aromatic heterocycles. The van der Waals surface area contributed by atoms with Crippen molar-refractivity contribution < 1.29 is 24.0 Å². The monoisotopic (exact) mass is 296 g/mol. The summed E-state index contributed by atoms with van der Waals surface area (Å²) in [6.07, 6.45) is -0.970. The van der Waals surface area contributed by atoms with E-state index in [1.54, 1.807) is 0 Å². The Morgan fingerprint density at radius 3 is 2.71 bits per heavy atom. The van der Waals surface area contributed by atoms with Crippen LogP contribution in [0.3, 0.4) is 0 Å². The van der Waals surface area contributed by atoms with E-state index in [1.165, 1.54) is 6.07 Å². The minimum Gasteiger partial charge on any atom is -0.437 e. The molecule has 0 bridgehead atoms. The molecule has 0 saturated heterocycles. The molecule has 0 atom stereocenters. The Hall–Kier alpha value is -3.44. The predicted molar refractivity (Wildman–Crippen MR) is 64.8 cm³/mol. The van der Waals surface area contributed by atoms with Gasteiger partial charge in [0.1, 0.15) is 5.82 Å². The number of anilines is 1. The van der Waals surface area contributed by atoms with Crippen LogP contribution >= 0.6 is 0 Å². The van der Waals surface area contributed by atoms with Gasteiger partial charge in [-0.15, -0.1) is 10.2 Å². The second-order valence-corrected chi connectivity index (χ2v) is 3.53. The Morgan fingerprint density at radius 2 is 2.10 bits per heavy atom. The molecule has 21 heavy (non-hydrogen) atoms. The van der Waals surface area contributed by atoms with Crippen LogP contribution in [0.5, 0.6) is 5.88 Å². The van der Waals surface area contributed by atoms with Crippen LogP contribution in [-0.4, -0.2) is 44.5 Å². The molecule has 3 N–H and O–H groups in total. The molecule has 0 spiro atoms. The molecular formula is C9H8N6O6. The largest absolute Gasteiger partial charge is 0.514 e. The van der Waals surface area contributed by atoms with Gasteiger partial charge in [-0.3, -0.25) is 9.89 Å². The SMILES string of the molecule is COC(=O)Oc1cc(NC(=O)c2cc([N+](=O)[O-])[nH]n2)[nH]n1. The maximum Gasteiger partial charge on any atom is 0.514 e. The summed E-state index contributed by atoms with van der Waals surface area (Å²) in [5.74, 6) is -1.15. The van der Waals surface area contributed by atoms with Gasteiger partial charge in [0.2, 0.25) is 5.88 Å². The number of amides is 1. The summed E-state index contributed by atoms with van der Waals surface area (Å²) in [5.41, 5.74) is -0.188. The lowest BCUT2D eigenvalue weighted by Gasteiger charge is -1.97. The van der Waals surface area contributed by atoms with Crippen molar-refractivity contribution in [3.8, 4) is 5.88 Å². The number of ether oxygens (including phenoxy) is 2. The second-order valence-electron chi connectivity index (χ2n) is 3.53. The van der Waals surface area contributed by atoms with Crippen LogP contribution in [0, 0.1) is 10.1 Å². The molecule has 0 aliphatic heterocycles. The van der Waals surface area contributed by atoms with E-state index in [1.807, 2.05) is 0 Å². The highest BCUT2D eigenvalue weighted by Crippen LogP contribution is 2.15. The Bertz CT molecular complexity index is 690. The van der Waals surface area contributed by atoms with Gasteiger partial charge in [0, 0.05) is 6.07 Å². The van der Waals surface area contributed by atoms with Crippen molar-refractivity contribution in [2.45, 2.75) is 0 Å². The van der Waals surface area contributed by atoms with Gasteiger partial charge in [0.05, 0.1) is 13.2 Å². The van der Waals surface area contributed by atoms with Crippen LogP contribution in [-0.2, 0) is 4.74 Å². The Morgan fingerprint density at radius 1 is 1.33 bits per heavy atom. The Labute approximate surface area is 115 Å². The average Bonchev–Trinajstić information content (AvgIpc) is 3.07. The molecule has 2 heterocycles. The molecule has 0 unspecified atom stereocenters. The van der Waals surface area contributed by atoms with E-state index >= 15 is 0 Å². The summed E-state index contributed by atoms with van der Waals surface area (Å²) < 4.78 is 8.86.